The summed E-state index contributed by atoms with van der Waals surface area (Å²) in [5.41, 5.74) is 4.59. The molecule has 1 saturated heterocycles. The molecule has 0 radical (unpaired) electrons. The van der Waals surface area contributed by atoms with E-state index in [1.807, 2.05) is 0 Å². The van der Waals surface area contributed by atoms with Crippen molar-refractivity contribution >= 4 is 70.1 Å². The van der Waals surface area contributed by atoms with Crippen LogP contribution < -0.4 is 25.9 Å². The summed E-state index contributed by atoms with van der Waals surface area (Å²) in [4.78, 5) is 39.2. The average molecular weight is 486 g/mol. The van der Waals surface area contributed by atoms with Crippen LogP contribution in [0, 0.1) is 0 Å². The molecule has 3 aromatic rings. The first-order chi connectivity index (χ1) is 16.1. The van der Waals surface area contributed by atoms with Crippen LogP contribution in [0.2, 0.25) is 13.1 Å². The third kappa shape index (κ3) is 2.69. The maximum Gasteiger partial charge on any atom is 0.328 e. The quantitative estimate of drug-likeness (QED) is 0.313. The second-order valence-corrected chi connectivity index (χ2v) is 15.4. The van der Waals surface area contributed by atoms with Crippen LogP contribution >= 0.6 is 11.3 Å². The zero-order valence-electron chi connectivity index (χ0n) is 19.3. The van der Waals surface area contributed by atoms with E-state index in [0.29, 0.717) is 0 Å². The number of anilines is 3. The van der Waals surface area contributed by atoms with Crippen molar-refractivity contribution in [3.8, 4) is 0 Å². The molecule has 6 rings (SSSR count). The number of nitrogens with zero attached hydrogens (tertiary/aromatic N) is 1. The summed E-state index contributed by atoms with van der Waals surface area (Å²) >= 11 is 1.56. The minimum Gasteiger partial charge on any atom is -0.302 e. The fourth-order valence-electron chi connectivity index (χ4n) is 5.45. The summed E-state index contributed by atoms with van der Waals surface area (Å²) in [6, 6.07) is 16.6. The molecule has 2 aromatic carbocycles. The predicted octanol–water partition coefficient (Wildman–Crippen LogP) is 3.74. The lowest BCUT2D eigenvalue weighted by Crippen LogP contribution is -2.59. The van der Waals surface area contributed by atoms with Crippen LogP contribution in [0.5, 0.6) is 0 Å². The number of fused-ring (bicyclic) bond motifs is 4. The number of amides is 4. The first kappa shape index (κ1) is 21.1. The maximum absolute atomic E-state index is 12.3. The number of hydrogen-bond acceptors (Lipinski definition) is 5. The van der Waals surface area contributed by atoms with Gasteiger partial charge in [-0.2, -0.15) is 0 Å². The largest absolute Gasteiger partial charge is 0.328 e. The van der Waals surface area contributed by atoms with Crippen molar-refractivity contribution in [3.05, 3.63) is 70.1 Å². The molecule has 0 bridgehead atoms. The molecule has 170 valence electrons. The average Bonchev–Trinajstić information content (AvgIpc) is 3.21. The third-order valence-electron chi connectivity index (χ3n) is 7.26. The van der Waals surface area contributed by atoms with E-state index >= 15 is 0 Å². The number of barbiturate groups is 1. The Hall–Kier alpha value is -3.49. The Kier molecular flexibility index (Phi) is 4.20. The fraction of sp³-hybridized carbons (Fsp3) is 0.192. The SMILES string of the molecule is CC1(C)c2cc(C=C3C(=O)NC(=O)NC3=O)sc2N2c3ccccc3[Si](C)(C)c3cccc1c32. The van der Waals surface area contributed by atoms with Crippen LogP contribution in [-0.4, -0.2) is 25.9 Å². The van der Waals surface area contributed by atoms with Crippen molar-refractivity contribution in [3.63, 3.8) is 0 Å². The lowest BCUT2D eigenvalue weighted by molar-refractivity contribution is -0.123. The molecule has 8 heteroatoms. The topological polar surface area (TPSA) is 78.5 Å². The van der Waals surface area contributed by atoms with Gasteiger partial charge in [-0.25, -0.2) is 4.79 Å². The van der Waals surface area contributed by atoms with E-state index in [4.69, 9.17) is 0 Å². The Morgan fingerprint density at radius 1 is 0.912 bits per heavy atom. The molecular formula is C26H23N3O3SSi. The highest BCUT2D eigenvalue weighted by Gasteiger charge is 2.46. The van der Waals surface area contributed by atoms with Crippen LogP contribution in [-0.2, 0) is 15.0 Å². The second kappa shape index (κ2) is 6.77. The monoisotopic (exact) mass is 485 g/mol. The summed E-state index contributed by atoms with van der Waals surface area (Å²) in [5.74, 6) is -1.36. The van der Waals surface area contributed by atoms with Crippen molar-refractivity contribution < 1.29 is 14.4 Å². The van der Waals surface area contributed by atoms with E-state index in [1.165, 1.54) is 27.3 Å². The number of imide groups is 2. The van der Waals surface area contributed by atoms with Crippen molar-refractivity contribution in [2.75, 3.05) is 4.90 Å². The zero-order valence-corrected chi connectivity index (χ0v) is 21.1. The van der Waals surface area contributed by atoms with Gasteiger partial charge >= 0.3 is 6.03 Å². The molecule has 0 atom stereocenters. The standard InChI is InChI=1S/C26H23N3O3SSi/c1-26(2)16-8-7-11-20-21(16)29(18-9-5-6-10-19(18)34(20,3)4)24-17(26)13-14(33-24)12-15-22(30)27-25(32)28-23(15)31/h5-13H,1-4H3,(H2,27,28,30,31,32). The molecule has 3 aliphatic heterocycles. The Labute approximate surface area is 202 Å². The summed E-state index contributed by atoms with van der Waals surface area (Å²) < 4.78 is 0. The maximum atomic E-state index is 12.3. The van der Waals surface area contributed by atoms with Gasteiger partial charge in [0.05, 0.1) is 5.69 Å². The Morgan fingerprint density at radius 3 is 2.32 bits per heavy atom. The minimum atomic E-state index is -1.91. The van der Waals surface area contributed by atoms with Crippen LogP contribution in [0.1, 0.15) is 29.9 Å². The van der Waals surface area contributed by atoms with Crippen LogP contribution in [0.3, 0.4) is 0 Å². The van der Waals surface area contributed by atoms with Crippen molar-refractivity contribution in [1.82, 2.24) is 10.6 Å². The zero-order chi connectivity index (χ0) is 24.0. The minimum absolute atomic E-state index is 0.0678. The van der Waals surface area contributed by atoms with Gasteiger partial charge in [0.1, 0.15) is 18.6 Å². The number of nitrogens with one attached hydrogen (secondary N) is 2. The van der Waals surface area contributed by atoms with Gasteiger partial charge in [-0.15, -0.1) is 11.3 Å². The fourth-order valence-corrected chi connectivity index (χ4v) is 9.72. The highest BCUT2D eigenvalue weighted by atomic mass is 32.1. The summed E-state index contributed by atoms with van der Waals surface area (Å²) in [6.07, 6.45) is 1.58. The smallest absolute Gasteiger partial charge is 0.302 e. The Balaban J connectivity index is 1.60. The molecule has 0 spiro atoms. The highest BCUT2D eigenvalue weighted by molar-refractivity contribution is 7.17. The molecule has 34 heavy (non-hydrogen) atoms. The number of rotatable bonds is 1. The van der Waals surface area contributed by atoms with Gasteiger partial charge in [-0.3, -0.25) is 20.2 Å². The molecule has 4 heterocycles. The number of urea groups is 1. The highest BCUT2D eigenvalue weighted by Crippen LogP contribution is 2.55. The van der Waals surface area contributed by atoms with Gasteiger partial charge in [0, 0.05) is 16.0 Å². The predicted molar refractivity (Wildman–Crippen MR) is 138 cm³/mol. The Bertz CT molecular complexity index is 1460. The van der Waals surface area contributed by atoms with E-state index < -0.39 is 25.9 Å². The van der Waals surface area contributed by atoms with Gasteiger partial charge < -0.3 is 4.90 Å². The molecule has 6 nitrogen and oxygen atoms in total. The van der Waals surface area contributed by atoms with Crippen molar-refractivity contribution in [2.24, 2.45) is 0 Å². The summed E-state index contributed by atoms with van der Waals surface area (Å²) in [6.45, 7) is 9.28. The van der Waals surface area contributed by atoms with Gasteiger partial charge in [0.2, 0.25) is 0 Å². The molecular weight excluding hydrogens is 462 g/mol. The van der Waals surface area contributed by atoms with Crippen LogP contribution in [0.15, 0.2) is 54.1 Å². The first-order valence-electron chi connectivity index (χ1n) is 11.2. The van der Waals surface area contributed by atoms with E-state index in [0.717, 1.165) is 15.4 Å². The molecule has 1 aromatic heterocycles. The second-order valence-electron chi connectivity index (χ2n) is 9.97. The van der Waals surface area contributed by atoms with Gasteiger partial charge in [0.15, 0.2) is 0 Å². The Morgan fingerprint density at radius 2 is 1.59 bits per heavy atom. The normalized spacial score (nSPS) is 19.0. The molecule has 4 amide bonds. The summed E-state index contributed by atoms with van der Waals surface area (Å²) in [7, 11) is -1.91. The number of benzene rings is 2. The van der Waals surface area contributed by atoms with Gasteiger partial charge in [-0.1, -0.05) is 63.3 Å². The molecule has 2 N–H and O–H groups in total. The summed E-state index contributed by atoms with van der Waals surface area (Å²) in [5, 5.41) is 8.21. The number of carbonyl (C=O) groups is 3. The number of hydrogen-bond donors (Lipinski definition) is 2. The third-order valence-corrected chi connectivity index (χ3v) is 11.8. The number of thiophene rings is 1. The van der Waals surface area contributed by atoms with E-state index in [9.17, 15) is 14.4 Å². The van der Waals surface area contributed by atoms with Gasteiger partial charge in [-0.05, 0) is 39.7 Å². The van der Waals surface area contributed by atoms with Crippen LogP contribution in [0.25, 0.3) is 6.08 Å². The van der Waals surface area contributed by atoms with Gasteiger partial charge in [0.25, 0.3) is 11.8 Å². The van der Waals surface area contributed by atoms with Crippen LogP contribution in [0.4, 0.5) is 21.2 Å². The van der Waals surface area contributed by atoms with Crippen molar-refractivity contribution in [2.45, 2.75) is 32.4 Å². The number of carbonyl (C=O) groups excluding carboxylic acids is 3. The van der Waals surface area contributed by atoms with E-state index in [1.54, 1.807) is 17.4 Å². The lowest BCUT2D eigenvalue weighted by atomic mass is 9.75. The molecule has 0 saturated carbocycles. The van der Waals surface area contributed by atoms with Crippen molar-refractivity contribution in [1.29, 1.82) is 0 Å². The van der Waals surface area contributed by atoms with E-state index in [2.05, 4.69) is 91.0 Å². The molecule has 0 aliphatic carbocycles. The molecule has 0 unspecified atom stereocenters. The first-order valence-corrected chi connectivity index (χ1v) is 15.0. The molecule has 3 aliphatic rings. The number of para-hydroxylation sites is 2. The van der Waals surface area contributed by atoms with E-state index in [-0.39, 0.29) is 11.0 Å². The lowest BCUT2D eigenvalue weighted by Gasteiger charge is -2.47. The molecule has 1 fully saturated rings.